The van der Waals surface area contributed by atoms with Crippen molar-refractivity contribution >= 4 is 17.5 Å². The first-order valence-corrected chi connectivity index (χ1v) is 10.6. The first-order chi connectivity index (χ1) is 15.8. The van der Waals surface area contributed by atoms with E-state index in [1.807, 2.05) is 12.1 Å². The molecule has 2 aromatic carbocycles. The summed E-state index contributed by atoms with van der Waals surface area (Å²) < 4.78 is 47.7. The van der Waals surface area contributed by atoms with Crippen molar-refractivity contribution < 1.29 is 22.4 Å². The highest BCUT2D eigenvalue weighted by atomic mass is 35.5. The lowest BCUT2D eigenvalue weighted by atomic mass is 9.94. The Morgan fingerprint density at radius 1 is 1.09 bits per heavy atom. The van der Waals surface area contributed by atoms with Gasteiger partial charge in [0.25, 0.3) is 5.91 Å². The molecule has 33 heavy (non-hydrogen) atoms. The second-order valence-electron chi connectivity index (χ2n) is 7.66. The molecular weight excluding hydrogens is 455 g/mol. The maximum atomic E-state index is 13.7. The van der Waals surface area contributed by atoms with E-state index in [4.69, 9.17) is 16.0 Å². The summed E-state index contributed by atoms with van der Waals surface area (Å²) in [6.07, 6.45) is -2.53. The van der Waals surface area contributed by atoms with E-state index >= 15 is 0 Å². The molecule has 1 aliphatic carbocycles. The predicted molar refractivity (Wildman–Crippen MR) is 116 cm³/mol. The van der Waals surface area contributed by atoms with Crippen molar-refractivity contribution in [3.63, 3.8) is 0 Å². The minimum atomic E-state index is -4.57. The third kappa shape index (κ3) is 3.91. The summed E-state index contributed by atoms with van der Waals surface area (Å²) in [4.78, 5) is 12.5. The average molecular weight is 472 g/mol. The molecule has 0 saturated carbocycles. The molecule has 5 rings (SSSR count). The van der Waals surface area contributed by atoms with Gasteiger partial charge in [-0.25, -0.2) is 4.68 Å². The number of benzene rings is 2. The zero-order chi connectivity index (χ0) is 23.2. The molecule has 4 aromatic rings. The van der Waals surface area contributed by atoms with Gasteiger partial charge in [-0.15, -0.1) is 0 Å². The lowest BCUT2D eigenvalue weighted by Gasteiger charge is -2.15. The van der Waals surface area contributed by atoms with E-state index in [0.717, 1.165) is 5.56 Å². The van der Waals surface area contributed by atoms with Crippen molar-refractivity contribution in [3.8, 4) is 16.9 Å². The van der Waals surface area contributed by atoms with E-state index in [-0.39, 0.29) is 24.4 Å². The number of carbonyl (C=O) groups is 1. The van der Waals surface area contributed by atoms with Gasteiger partial charge in [-0.2, -0.15) is 18.3 Å². The van der Waals surface area contributed by atoms with Crippen LogP contribution in [0.25, 0.3) is 16.9 Å². The lowest BCUT2D eigenvalue weighted by Crippen LogP contribution is -2.22. The van der Waals surface area contributed by atoms with Gasteiger partial charge in [0, 0.05) is 34.7 Å². The molecule has 5 nitrogen and oxygen atoms in total. The van der Waals surface area contributed by atoms with Gasteiger partial charge in [-0.1, -0.05) is 29.8 Å². The fraction of sp³-hybridized carbons (Fsp3) is 0.167. The molecular formula is C24H17ClF3N3O2. The number of aromatic nitrogens is 2. The van der Waals surface area contributed by atoms with Crippen LogP contribution in [0.2, 0.25) is 5.02 Å². The largest absolute Gasteiger partial charge is 0.469 e. The van der Waals surface area contributed by atoms with Crippen molar-refractivity contribution in [2.75, 3.05) is 0 Å². The van der Waals surface area contributed by atoms with E-state index in [2.05, 4.69) is 10.4 Å². The minimum absolute atomic E-state index is 0.151. The van der Waals surface area contributed by atoms with Crippen LogP contribution in [0.1, 0.15) is 32.9 Å². The van der Waals surface area contributed by atoms with Gasteiger partial charge in [0.15, 0.2) is 5.69 Å². The zero-order valence-corrected chi connectivity index (χ0v) is 17.9. The number of aryl methyl sites for hydroxylation is 1. The first-order valence-electron chi connectivity index (χ1n) is 10.2. The third-order valence-electron chi connectivity index (χ3n) is 5.63. The Morgan fingerprint density at radius 2 is 1.85 bits per heavy atom. The molecule has 2 heterocycles. The van der Waals surface area contributed by atoms with Crippen LogP contribution in [0.5, 0.6) is 0 Å². The third-order valence-corrected chi connectivity index (χ3v) is 5.99. The summed E-state index contributed by atoms with van der Waals surface area (Å²) in [5.41, 5.74) is 1.78. The monoisotopic (exact) mass is 471 g/mol. The van der Waals surface area contributed by atoms with Gasteiger partial charge in [0.2, 0.25) is 0 Å². The molecule has 0 bridgehead atoms. The molecule has 0 spiro atoms. The number of hydrogen-bond donors (Lipinski definition) is 1. The van der Waals surface area contributed by atoms with E-state index in [1.165, 1.54) is 10.9 Å². The minimum Gasteiger partial charge on any atom is -0.469 e. The number of nitrogens with one attached hydrogen (secondary N) is 1. The molecule has 168 valence electrons. The lowest BCUT2D eigenvalue weighted by molar-refractivity contribution is -0.142. The molecule has 2 aromatic heterocycles. The van der Waals surface area contributed by atoms with Gasteiger partial charge >= 0.3 is 6.18 Å². The highest BCUT2D eigenvalue weighted by Crippen LogP contribution is 2.42. The van der Waals surface area contributed by atoms with Crippen LogP contribution in [-0.2, 0) is 25.6 Å². The Bertz CT molecular complexity index is 1340. The molecule has 1 amide bonds. The number of rotatable bonds is 4. The van der Waals surface area contributed by atoms with Crippen LogP contribution >= 0.6 is 11.6 Å². The quantitative estimate of drug-likeness (QED) is 0.407. The highest BCUT2D eigenvalue weighted by Gasteiger charge is 2.41. The summed E-state index contributed by atoms with van der Waals surface area (Å²) in [5.74, 6) is 0.310. The first kappa shape index (κ1) is 21.3. The number of carbonyl (C=O) groups excluding carboxylic acids is 1. The zero-order valence-electron chi connectivity index (χ0n) is 17.1. The molecule has 0 saturated heterocycles. The summed E-state index contributed by atoms with van der Waals surface area (Å²) in [6, 6.07) is 15.1. The molecule has 9 heteroatoms. The van der Waals surface area contributed by atoms with E-state index in [1.54, 1.807) is 42.5 Å². The van der Waals surface area contributed by atoms with Gasteiger partial charge in [-0.3, -0.25) is 4.79 Å². The number of fused-ring (bicyclic) bond motifs is 3. The molecule has 0 unspecified atom stereocenters. The van der Waals surface area contributed by atoms with Crippen LogP contribution in [0.15, 0.2) is 65.3 Å². The Labute approximate surface area is 191 Å². The van der Waals surface area contributed by atoms with Crippen molar-refractivity contribution in [2.24, 2.45) is 0 Å². The molecule has 1 aliphatic rings. The molecule has 1 N–H and O–H groups in total. The number of alkyl halides is 3. The summed E-state index contributed by atoms with van der Waals surface area (Å²) in [6.45, 7) is 0.255. The Hall–Kier alpha value is -3.52. The molecule has 0 radical (unpaired) electrons. The maximum Gasteiger partial charge on any atom is 0.435 e. The molecule has 0 atom stereocenters. The van der Waals surface area contributed by atoms with Crippen LogP contribution < -0.4 is 5.32 Å². The van der Waals surface area contributed by atoms with Crippen molar-refractivity contribution in [1.29, 1.82) is 0 Å². The fourth-order valence-electron chi connectivity index (χ4n) is 4.04. The Morgan fingerprint density at radius 3 is 2.58 bits per heavy atom. The van der Waals surface area contributed by atoms with E-state index in [9.17, 15) is 18.0 Å². The van der Waals surface area contributed by atoms with Gasteiger partial charge in [0.05, 0.1) is 17.6 Å². The molecule has 0 fully saturated rings. The van der Waals surface area contributed by atoms with Crippen molar-refractivity contribution in [2.45, 2.75) is 25.6 Å². The van der Waals surface area contributed by atoms with Crippen LogP contribution in [0, 0.1) is 0 Å². The summed E-state index contributed by atoms with van der Waals surface area (Å²) in [5, 5.41) is 7.25. The smallest absolute Gasteiger partial charge is 0.435 e. The Kier molecular flexibility index (Phi) is 5.25. The average Bonchev–Trinajstić information content (AvgIpc) is 3.42. The number of halogens is 4. The number of amides is 1. The number of furan rings is 1. The summed E-state index contributed by atoms with van der Waals surface area (Å²) in [7, 11) is 0. The van der Waals surface area contributed by atoms with Crippen LogP contribution in [-0.4, -0.2) is 15.7 Å². The van der Waals surface area contributed by atoms with Crippen molar-refractivity contribution in [1.82, 2.24) is 15.1 Å². The van der Waals surface area contributed by atoms with E-state index in [0.29, 0.717) is 39.7 Å². The van der Waals surface area contributed by atoms with Gasteiger partial charge in [0.1, 0.15) is 5.76 Å². The normalized spacial score (nSPS) is 12.8. The van der Waals surface area contributed by atoms with Crippen molar-refractivity contribution in [3.05, 3.63) is 94.0 Å². The van der Waals surface area contributed by atoms with Gasteiger partial charge < -0.3 is 9.73 Å². The maximum absolute atomic E-state index is 13.7. The topological polar surface area (TPSA) is 60.1 Å². The fourth-order valence-corrected chi connectivity index (χ4v) is 4.24. The summed E-state index contributed by atoms with van der Waals surface area (Å²) >= 11 is 6.11. The van der Waals surface area contributed by atoms with Gasteiger partial charge in [-0.05, 0) is 48.4 Å². The predicted octanol–water partition coefficient (Wildman–Crippen LogP) is 5.83. The number of hydrogen-bond acceptors (Lipinski definition) is 3. The van der Waals surface area contributed by atoms with E-state index < -0.39 is 11.9 Å². The molecule has 0 aliphatic heterocycles. The van der Waals surface area contributed by atoms with Crippen LogP contribution in [0.4, 0.5) is 13.2 Å². The van der Waals surface area contributed by atoms with Crippen LogP contribution in [0.3, 0.4) is 0 Å². The second kappa shape index (κ2) is 8.12. The SMILES string of the molecule is O=C(NCc1ccccc1Cl)c1ccc(-n2nc(C(F)(F)F)c3c2-c2ccoc2CC3)cc1. The number of nitrogens with zero attached hydrogens (tertiary/aromatic N) is 2. The Balaban J connectivity index is 1.45. The standard InChI is InChI=1S/C24H17ClF3N3O2/c25-19-4-2-1-3-15(19)13-29-23(32)14-5-7-16(8-6-14)31-21-17-11-12-33-20(17)10-9-18(21)22(30-31)24(26,27)28/h1-8,11-12H,9-10,13H2,(H,29,32). The highest BCUT2D eigenvalue weighted by molar-refractivity contribution is 6.31. The second-order valence-corrected chi connectivity index (χ2v) is 8.07.